The Morgan fingerprint density at radius 3 is 2.58 bits per heavy atom. The molecule has 2 aromatic rings. The van der Waals surface area contributed by atoms with Gasteiger partial charge >= 0.3 is 5.97 Å². The molecule has 1 fully saturated rings. The van der Waals surface area contributed by atoms with E-state index < -0.39 is 31.7 Å². The van der Waals surface area contributed by atoms with Gasteiger partial charge < -0.3 is 24.8 Å². The number of para-hydroxylation sites is 1. The molecule has 0 spiro atoms. The summed E-state index contributed by atoms with van der Waals surface area (Å²) in [5.74, 6) is -1.88. The minimum absolute atomic E-state index is 0.000161. The largest absolute Gasteiger partial charge is 0.766 e. The maximum atomic E-state index is 13.0. The molecule has 1 aliphatic carbocycles. The monoisotopic (exact) mass is 478 g/mol. The van der Waals surface area contributed by atoms with Gasteiger partial charge in [-0.05, 0) is 36.8 Å². The smallest absolute Gasteiger partial charge is 0.326 e. The lowest BCUT2D eigenvalue weighted by Gasteiger charge is -2.34. The van der Waals surface area contributed by atoms with Crippen molar-refractivity contribution < 1.29 is 28.7 Å². The van der Waals surface area contributed by atoms with Crippen molar-refractivity contribution in [2.24, 2.45) is 5.92 Å². The first kappa shape index (κ1) is 25.4. The first-order chi connectivity index (χ1) is 15.6. The Labute approximate surface area is 193 Å². The van der Waals surface area contributed by atoms with E-state index in [2.05, 4.69) is 15.4 Å². The van der Waals surface area contributed by atoms with Crippen molar-refractivity contribution in [3.8, 4) is 0 Å². The topological polar surface area (TPSA) is 144 Å². The van der Waals surface area contributed by atoms with Crippen molar-refractivity contribution in [3.63, 3.8) is 0 Å². The standard InChI is InChI=1S/C23H34N3O6P/c1-15(2)12-20(26-33(30,31)32-17-8-4-3-5-9-17)22(27)25-21(23(28)29)13-16-14-24-19-11-7-6-10-18(16)19/h6-7,10-11,14-15,17,20-21,24H,3-5,8-9,12-13H2,1-2H3,(H,25,27)(H,28,29)(H2,26,30,31)/p-1/t20-,21-/m0/s1. The quantitative estimate of drug-likeness (QED) is 0.363. The SMILES string of the molecule is CC(C)C[C@H](NP(=O)([O-])OC1CCCCC1)C(=O)N[C@@H](Cc1c[nH]c2ccccc12)C(=O)O. The zero-order chi connectivity index (χ0) is 24.0. The Kier molecular flexibility index (Phi) is 8.70. The van der Waals surface area contributed by atoms with Crippen molar-refractivity contribution in [2.75, 3.05) is 0 Å². The third-order valence-electron chi connectivity index (χ3n) is 5.89. The van der Waals surface area contributed by atoms with E-state index in [1.165, 1.54) is 0 Å². The molecule has 1 aromatic heterocycles. The fourth-order valence-corrected chi connectivity index (χ4v) is 5.54. The van der Waals surface area contributed by atoms with E-state index in [1.807, 2.05) is 38.1 Å². The predicted octanol–water partition coefficient (Wildman–Crippen LogP) is 3.10. The van der Waals surface area contributed by atoms with Crippen LogP contribution in [0.4, 0.5) is 0 Å². The maximum Gasteiger partial charge on any atom is 0.326 e. The van der Waals surface area contributed by atoms with Gasteiger partial charge in [0.1, 0.15) is 6.04 Å². The van der Waals surface area contributed by atoms with Gasteiger partial charge in [-0.1, -0.05) is 51.3 Å². The predicted molar refractivity (Wildman–Crippen MR) is 124 cm³/mol. The number of aliphatic carboxylic acids is 1. The Morgan fingerprint density at radius 2 is 1.91 bits per heavy atom. The van der Waals surface area contributed by atoms with Crippen LogP contribution >= 0.6 is 7.75 Å². The minimum Gasteiger partial charge on any atom is -0.766 e. The molecule has 0 bridgehead atoms. The summed E-state index contributed by atoms with van der Waals surface area (Å²) in [6.07, 6.45) is 5.83. The minimum atomic E-state index is -4.50. The molecule has 10 heteroatoms. The second-order valence-electron chi connectivity index (χ2n) is 9.14. The Morgan fingerprint density at radius 1 is 1.21 bits per heavy atom. The van der Waals surface area contributed by atoms with E-state index in [9.17, 15) is 24.2 Å². The van der Waals surface area contributed by atoms with Crippen LogP contribution in [0.25, 0.3) is 10.9 Å². The van der Waals surface area contributed by atoms with Crippen LogP contribution in [0, 0.1) is 5.92 Å². The molecule has 1 amide bonds. The number of carboxylic acid groups (broad SMARTS) is 1. The number of aromatic amines is 1. The molecule has 0 saturated heterocycles. The summed E-state index contributed by atoms with van der Waals surface area (Å²) in [7, 11) is -4.50. The van der Waals surface area contributed by atoms with E-state index >= 15 is 0 Å². The second kappa shape index (κ2) is 11.3. The summed E-state index contributed by atoms with van der Waals surface area (Å²) in [5, 5.41) is 15.5. The molecule has 33 heavy (non-hydrogen) atoms. The molecular formula is C23H33N3O6P-. The molecule has 0 radical (unpaired) electrons. The average Bonchev–Trinajstić information content (AvgIpc) is 3.15. The van der Waals surface area contributed by atoms with Crippen molar-refractivity contribution in [3.05, 3.63) is 36.0 Å². The van der Waals surface area contributed by atoms with Crippen LogP contribution in [-0.2, 0) is 25.1 Å². The van der Waals surface area contributed by atoms with Crippen LogP contribution in [0.3, 0.4) is 0 Å². The Balaban J connectivity index is 1.69. The van der Waals surface area contributed by atoms with E-state index in [-0.39, 0.29) is 24.9 Å². The number of rotatable bonds is 11. The van der Waals surface area contributed by atoms with E-state index in [0.29, 0.717) is 12.8 Å². The van der Waals surface area contributed by atoms with E-state index in [0.717, 1.165) is 35.7 Å². The van der Waals surface area contributed by atoms with Crippen molar-refractivity contribution >= 4 is 30.5 Å². The molecule has 1 saturated carbocycles. The first-order valence-corrected chi connectivity index (χ1v) is 13.0. The number of fused-ring (bicyclic) bond motifs is 1. The van der Waals surface area contributed by atoms with Gasteiger partial charge in [0.15, 0.2) is 0 Å². The number of hydrogen-bond donors (Lipinski definition) is 4. The Bertz CT molecular complexity index is 1000. The number of hydrogen-bond acceptors (Lipinski definition) is 5. The number of carboxylic acids is 1. The fourth-order valence-electron chi connectivity index (χ4n) is 4.27. The zero-order valence-electron chi connectivity index (χ0n) is 19.1. The third kappa shape index (κ3) is 7.40. The third-order valence-corrected chi connectivity index (χ3v) is 7.09. The maximum absolute atomic E-state index is 13.0. The Hall–Kier alpha value is -2.19. The summed E-state index contributed by atoms with van der Waals surface area (Å²) in [5.41, 5.74) is 1.62. The number of amides is 1. The zero-order valence-corrected chi connectivity index (χ0v) is 20.0. The number of H-pyrrole nitrogens is 1. The van der Waals surface area contributed by atoms with Gasteiger partial charge in [0.25, 0.3) is 0 Å². The summed E-state index contributed by atoms with van der Waals surface area (Å²) >= 11 is 0. The van der Waals surface area contributed by atoms with E-state index in [4.69, 9.17) is 4.52 Å². The molecule has 1 heterocycles. The summed E-state index contributed by atoms with van der Waals surface area (Å²) < 4.78 is 17.9. The molecule has 0 aliphatic heterocycles. The lowest BCUT2D eigenvalue weighted by Crippen LogP contribution is -2.51. The summed E-state index contributed by atoms with van der Waals surface area (Å²) in [4.78, 5) is 40.6. The van der Waals surface area contributed by atoms with Crippen LogP contribution in [0.2, 0.25) is 0 Å². The van der Waals surface area contributed by atoms with Crippen LogP contribution in [-0.4, -0.2) is 40.2 Å². The van der Waals surface area contributed by atoms with Gasteiger partial charge in [-0.15, -0.1) is 0 Å². The first-order valence-electron chi connectivity index (χ1n) is 11.5. The highest BCUT2D eigenvalue weighted by atomic mass is 31.2. The van der Waals surface area contributed by atoms with Crippen LogP contribution < -0.4 is 15.3 Å². The molecule has 3 atom stereocenters. The highest BCUT2D eigenvalue weighted by Crippen LogP contribution is 2.38. The van der Waals surface area contributed by atoms with Gasteiger partial charge in [-0.3, -0.25) is 9.36 Å². The number of aromatic nitrogens is 1. The number of carbonyl (C=O) groups is 2. The molecule has 1 aromatic carbocycles. The average molecular weight is 479 g/mol. The number of nitrogens with one attached hydrogen (secondary N) is 3. The summed E-state index contributed by atoms with van der Waals surface area (Å²) in [6, 6.07) is 5.15. The lowest BCUT2D eigenvalue weighted by atomic mass is 9.98. The van der Waals surface area contributed by atoms with E-state index in [1.54, 1.807) is 6.20 Å². The molecule has 9 nitrogen and oxygen atoms in total. The molecule has 1 aliphatic rings. The van der Waals surface area contributed by atoms with Crippen molar-refractivity contribution in [2.45, 2.75) is 77.0 Å². The lowest BCUT2D eigenvalue weighted by molar-refractivity contribution is -0.208. The normalized spacial score (nSPS) is 18.7. The number of benzene rings is 1. The molecule has 4 N–H and O–H groups in total. The van der Waals surface area contributed by atoms with Gasteiger partial charge in [-0.2, -0.15) is 0 Å². The fraction of sp³-hybridized carbons (Fsp3) is 0.565. The van der Waals surface area contributed by atoms with Gasteiger partial charge in [-0.25, -0.2) is 9.88 Å². The summed E-state index contributed by atoms with van der Waals surface area (Å²) in [6.45, 7) is 3.72. The van der Waals surface area contributed by atoms with Crippen LogP contribution in [0.1, 0.15) is 57.9 Å². The van der Waals surface area contributed by atoms with Crippen molar-refractivity contribution in [1.29, 1.82) is 0 Å². The number of carbonyl (C=O) groups excluding carboxylic acids is 1. The van der Waals surface area contributed by atoms with Gasteiger partial charge in [0.2, 0.25) is 13.7 Å². The highest BCUT2D eigenvalue weighted by molar-refractivity contribution is 7.49. The van der Waals surface area contributed by atoms with Crippen molar-refractivity contribution in [1.82, 2.24) is 15.4 Å². The van der Waals surface area contributed by atoms with Gasteiger partial charge in [0, 0.05) is 23.5 Å². The highest BCUT2D eigenvalue weighted by Gasteiger charge is 2.30. The molecule has 1 unspecified atom stereocenters. The van der Waals surface area contributed by atoms with Gasteiger partial charge in [0.05, 0.1) is 12.1 Å². The molecule has 3 rings (SSSR count). The molecular weight excluding hydrogens is 445 g/mol. The second-order valence-corrected chi connectivity index (χ2v) is 10.6. The molecule has 182 valence electrons. The van der Waals surface area contributed by atoms with Crippen LogP contribution in [0.5, 0.6) is 0 Å². The van der Waals surface area contributed by atoms with Crippen LogP contribution in [0.15, 0.2) is 30.5 Å².